The minimum Gasteiger partial charge on any atom is -0.0776 e. The van der Waals surface area contributed by atoms with Gasteiger partial charge in [0.25, 0.3) is 0 Å². The third-order valence-electron chi connectivity index (χ3n) is 2.36. The summed E-state index contributed by atoms with van der Waals surface area (Å²) in [6, 6.07) is 9.02. The van der Waals surface area contributed by atoms with Gasteiger partial charge in [-0.2, -0.15) is 0 Å². The van der Waals surface area contributed by atoms with Crippen molar-refractivity contribution in [1.29, 1.82) is 0 Å². The van der Waals surface area contributed by atoms with E-state index in [9.17, 15) is 0 Å². The summed E-state index contributed by atoms with van der Waals surface area (Å²) in [5.74, 6) is 0. The second-order valence-electron chi connectivity index (χ2n) is 4.70. The Hall–Kier alpha value is -0.780. The molecular formula is C14H24. The molecule has 0 spiro atoms. The molecule has 14 heavy (non-hydrogen) atoms. The molecule has 0 heteroatoms. The number of aryl methyl sites for hydroxylation is 1. The number of hydrogen-bond acceptors (Lipinski definition) is 0. The normalized spacial score (nSPS) is 10.9. The molecule has 0 radical (unpaired) electrons. The molecule has 0 bridgehead atoms. The first-order valence-electron chi connectivity index (χ1n) is 5.13. The fraction of sp³-hybridized carbons (Fsp3) is 0.571. The second-order valence-corrected chi connectivity index (χ2v) is 4.70. The molecule has 1 aromatic carbocycles. The van der Waals surface area contributed by atoms with E-state index < -0.39 is 0 Å². The summed E-state index contributed by atoms with van der Waals surface area (Å²) in [6.45, 7) is 8.98. The van der Waals surface area contributed by atoms with Crippen LogP contribution in [0.15, 0.2) is 24.3 Å². The summed E-state index contributed by atoms with van der Waals surface area (Å²) < 4.78 is 0. The van der Waals surface area contributed by atoms with E-state index in [1.54, 1.807) is 0 Å². The van der Waals surface area contributed by atoms with Gasteiger partial charge in [0.15, 0.2) is 0 Å². The van der Waals surface area contributed by atoms with E-state index in [0.717, 1.165) is 0 Å². The quantitative estimate of drug-likeness (QED) is 0.643. The van der Waals surface area contributed by atoms with E-state index in [4.69, 9.17) is 0 Å². The van der Waals surface area contributed by atoms with E-state index in [1.165, 1.54) is 24.0 Å². The molecule has 0 saturated carbocycles. The Kier molecular flexibility index (Phi) is 4.90. The van der Waals surface area contributed by atoms with Crippen molar-refractivity contribution in [2.75, 3.05) is 0 Å². The van der Waals surface area contributed by atoms with E-state index in [0.29, 0.717) is 0 Å². The lowest BCUT2D eigenvalue weighted by atomic mass is 9.86. The predicted octanol–water partition coefficient (Wildman–Crippen LogP) is 4.57. The van der Waals surface area contributed by atoms with Crippen LogP contribution in [0.5, 0.6) is 0 Å². The summed E-state index contributed by atoms with van der Waals surface area (Å²) >= 11 is 0. The maximum Gasteiger partial charge on any atom is -0.0132 e. The number of benzene rings is 1. The van der Waals surface area contributed by atoms with Gasteiger partial charge in [0.1, 0.15) is 0 Å². The Morgan fingerprint density at radius 2 is 1.50 bits per heavy atom. The third kappa shape index (κ3) is 3.53. The van der Waals surface area contributed by atoms with Crippen LogP contribution >= 0.6 is 0 Å². The highest BCUT2D eigenvalue weighted by Crippen LogP contribution is 2.22. The van der Waals surface area contributed by atoms with Crippen molar-refractivity contribution in [2.24, 2.45) is 0 Å². The Balaban J connectivity index is 0.00000169. The molecule has 0 aliphatic heterocycles. The summed E-state index contributed by atoms with van der Waals surface area (Å²) in [5, 5.41) is 0. The summed E-state index contributed by atoms with van der Waals surface area (Å²) in [4.78, 5) is 0. The molecule has 0 unspecified atom stereocenters. The number of rotatable bonds is 2. The lowest BCUT2D eigenvalue weighted by Gasteiger charge is -2.19. The largest absolute Gasteiger partial charge is 0.0776 e. The summed E-state index contributed by atoms with van der Waals surface area (Å²) in [5.41, 5.74) is 3.16. The van der Waals surface area contributed by atoms with Crippen LogP contribution in [-0.2, 0) is 11.8 Å². The summed E-state index contributed by atoms with van der Waals surface area (Å²) in [6.07, 6.45) is 2.43. The van der Waals surface area contributed by atoms with Crippen LogP contribution in [0, 0.1) is 0 Å². The lowest BCUT2D eigenvalue weighted by Crippen LogP contribution is -2.10. The van der Waals surface area contributed by atoms with E-state index in [1.807, 2.05) is 0 Å². The Morgan fingerprint density at radius 3 is 1.86 bits per heavy atom. The van der Waals surface area contributed by atoms with Crippen molar-refractivity contribution in [3.63, 3.8) is 0 Å². The molecule has 0 atom stereocenters. The van der Waals surface area contributed by atoms with Crippen LogP contribution in [0.2, 0.25) is 0 Å². The first-order valence-corrected chi connectivity index (χ1v) is 5.13. The Labute approximate surface area is 89.4 Å². The Morgan fingerprint density at radius 1 is 1.00 bits per heavy atom. The first-order chi connectivity index (χ1) is 6.04. The Bertz CT molecular complexity index is 248. The zero-order chi connectivity index (χ0) is 9.90. The molecule has 0 N–H and O–H groups in total. The van der Waals surface area contributed by atoms with Gasteiger partial charge in [0.05, 0.1) is 0 Å². The molecule has 0 aliphatic carbocycles. The predicted molar refractivity (Wildman–Crippen MR) is 65.9 cm³/mol. The van der Waals surface area contributed by atoms with Gasteiger partial charge in [0, 0.05) is 0 Å². The van der Waals surface area contributed by atoms with Gasteiger partial charge in [-0.25, -0.2) is 0 Å². The molecule has 1 rings (SSSR count). The van der Waals surface area contributed by atoms with E-state index >= 15 is 0 Å². The van der Waals surface area contributed by atoms with Gasteiger partial charge in [-0.05, 0) is 23.0 Å². The molecule has 80 valence electrons. The van der Waals surface area contributed by atoms with Crippen LogP contribution in [0.3, 0.4) is 0 Å². The van der Waals surface area contributed by atoms with E-state index in [2.05, 4.69) is 52.0 Å². The molecular weight excluding hydrogens is 168 g/mol. The minimum atomic E-state index is 0. The highest BCUT2D eigenvalue weighted by atomic mass is 14.2. The lowest BCUT2D eigenvalue weighted by molar-refractivity contribution is 0.590. The molecule has 0 heterocycles. The maximum atomic E-state index is 2.25. The minimum absolute atomic E-state index is 0. The fourth-order valence-corrected chi connectivity index (χ4v) is 1.46. The fourth-order valence-electron chi connectivity index (χ4n) is 1.46. The monoisotopic (exact) mass is 192 g/mol. The highest BCUT2D eigenvalue weighted by molar-refractivity contribution is 5.27. The van der Waals surface area contributed by atoms with Crippen LogP contribution < -0.4 is 0 Å². The molecule has 0 amide bonds. The van der Waals surface area contributed by atoms with Crippen LogP contribution in [0.1, 0.15) is 52.7 Å². The van der Waals surface area contributed by atoms with Crippen molar-refractivity contribution in [2.45, 2.75) is 53.4 Å². The van der Waals surface area contributed by atoms with Crippen molar-refractivity contribution >= 4 is 0 Å². The van der Waals surface area contributed by atoms with Crippen molar-refractivity contribution < 1.29 is 0 Å². The standard InChI is InChI=1S/C13H20.CH4/c1-5-6-11-7-9-12(10-8-11)13(2,3)4;/h7-10H,5-6H2,1-4H3;1H4. The molecule has 0 fully saturated rings. The molecule has 0 aromatic heterocycles. The average molecular weight is 192 g/mol. The maximum absolute atomic E-state index is 2.25. The van der Waals surface area contributed by atoms with Crippen molar-refractivity contribution in [1.82, 2.24) is 0 Å². The van der Waals surface area contributed by atoms with Crippen LogP contribution in [-0.4, -0.2) is 0 Å². The second kappa shape index (κ2) is 5.19. The van der Waals surface area contributed by atoms with Gasteiger partial charge < -0.3 is 0 Å². The van der Waals surface area contributed by atoms with Crippen LogP contribution in [0.25, 0.3) is 0 Å². The average Bonchev–Trinajstić information content (AvgIpc) is 2.04. The SMILES string of the molecule is C.CCCc1ccc(C(C)(C)C)cc1. The topological polar surface area (TPSA) is 0 Å². The van der Waals surface area contributed by atoms with Crippen molar-refractivity contribution in [3.8, 4) is 0 Å². The molecule has 0 nitrogen and oxygen atoms in total. The van der Waals surface area contributed by atoms with Gasteiger partial charge in [-0.15, -0.1) is 0 Å². The molecule has 1 aromatic rings. The summed E-state index contributed by atoms with van der Waals surface area (Å²) in [7, 11) is 0. The van der Waals surface area contributed by atoms with Gasteiger partial charge in [-0.1, -0.05) is 65.8 Å². The zero-order valence-electron chi connectivity index (χ0n) is 9.22. The van der Waals surface area contributed by atoms with E-state index in [-0.39, 0.29) is 12.8 Å². The third-order valence-corrected chi connectivity index (χ3v) is 2.36. The van der Waals surface area contributed by atoms with Gasteiger partial charge >= 0.3 is 0 Å². The van der Waals surface area contributed by atoms with Crippen molar-refractivity contribution in [3.05, 3.63) is 35.4 Å². The van der Waals surface area contributed by atoms with Gasteiger partial charge in [-0.3, -0.25) is 0 Å². The highest BCUT2D eigenvalue weighted by Gasteiger charge is 2.12. The smallest absolute Gasteiger partial charge is 0.0132 e. The molecule has 0 saturated heterocycles. The van der Waals surface area contributed by atoms with Gasteiger partial charge in [0.2, 0.25) is 0 Å². The number of hydrogen-bond donors (Lipinski definition) is 0. The zero-order valence-corrected chi connectivity index (χ0v) is 9.22. The molecule has 0 aliphatic rings. The first kappa shape index (κ1) is 13.2. The van der Waals surface area contributed by atoms with Crippen LogP contribution in [0.4, 0.5) is 0 Å².